The van der Waals surface area contributed by atoms with Crippen LogP contribution in [0.4, 0.5) is 0 Å². The maximum Gasteiger partial charge on any atom is 0.220 e. The highest BCUT2D eigenvalue weighted by molar-refractivity contribution is 6.90. The average molecular weight is 400 g/mol. The van der Waals surface area contributed by atoms with Gasteiger partial charge in [0.25, 0.3) is 0 Å². The maximum absolute atomic E-state index is 12.2. The van der Waals surface area contributed by atoms with Gasteiger partial charge >= 0.3 is 0 Å². The molecule has 0 aromatic heterocycles. The minimum Gasteiger partial charge on any atom is -0.356 e. The molecule has 1 amide bonds. The van der Waals surface area contributed by atoms with Gasteiger partial charge in [0.1, 0.15) is 8.07 Å². The zero-order valence-electron chi connectivity index (χ0n) is 19.1. The molecule has 0 heterocycles. The molecule has 1 N–H and O–H groups in total. The summed E-state index contributed by atoms with van der Waals surface area (Å²) in [6.07, 6.45) is 3.33. The molecule has 0 spiro atoms. The molecule has 0 aliphatic carbocycles. The lowest BCUT2D eigenvalue weighted by atomic mass is 10.0. The van der Waals surface area contributed by atoms with Gasteiger partial charge < -0.3 is 5.32 Å². The highest BCUT2D eigenvalue weighted by atomic mass is 28.3. The molecule has 1 aromatic carbocycles. The van der Waals surface area contributed by atoms with Gasteiger partial charge in [-0.05, 0) is 41.4 Å². The number of carbonyl (C=O) groups excluding carboxylic acids is 1. The predicted molar refractivity (Wildman–Crippen MR) is 125 cm³/mol. The number of carbonyl (C=O) groups is 1. The Morgan fingerprint density at radius 2 is 1.57 bits per heavy atom. The summed E-state index contributed by atoms with van der Waals surface area (Å²) < 4.78 is 0. The molecule has 0 aliphatic rings. The molecule has 0 bridgehead atoms. The third-order valence-electron chi connectivity index (χ3n) is 6.15. The van der Waals surface area contributed by atoms with E-state index >= 15 is 0 Å². The minimum atomic E-state index is -1.68. The van der Waals surface area contributed by atoms with Crippen LogP contribution in [0, 0.1) is 17.4 Å². The molecule has 2 nitrogen and oxygen atoms in total. The maximum atomic E-state index is 12.2. The monoisotopic (exact) mass is 399 g/mol. The first-order valence-electron chi connectivity index (χ1n) is 11.1. The van der Waals surface area contributed by atoms with Gasteiger partial charge in [0.2, 0.25) is 5.91 Å². The van der Waals surface area contributed by atoms with Gasteiger partial charge in [-0.1, -0.05) is 78.8 Å². The Labute approximate surface area is 174 Å². The van der Waals surface area contributed by atoms with E-state index in [4.69, 9.17) is 0 Å². The van der Waals surface area contributed by atoms with Gasteiger partial charge in [-0.2, -0.15) is 0 Å². The summed E-state index contributed by atoms with van der Waals surface area (Å²) in [7, 11) is -1.68. The Morgan fingerprint density at radius 1 is 1.00 bits per heavy atom. The summed E-state index contributed by atoms with van der Waals surface area (Å²) in [4.78, 5) is 12.2. The van der Waals surface area contributed by atoms with Crippen LogP contribution in [0.15, 0.2) is 30.3 Å². The fourth-order valence-corrected chi connectivity index (χ4v) is 9.74. The van der Waals surface area contributed by atoms with E-state index in [0.29, 0.717) is 35.5 Å². The molecule has 3 heteroatoms. The SMILES string of the molecule is CC[C@H](C#C[Si](C(C)C)(C(C)C)C(C)C)CCC(=O)NCCc1ccccc1. The number of hydrogen-bond acceptors (Lipinski definition) is 1. The van der Waals surface area contributed by atoms with Crippen molar-refractivity contribution >= 4 is 14.0 Å². The van der Waals surface area contributed by atoms with Crippen LogP contribution in [0.1, 0.15) is 73.3 Å². The fourth-order valence-electron chi connectivity index (χ4n) is 4.42. The Hall–Kier alpha value is -1.53. The van der Waals surface area contributed by atoms with Gasteiger partial charge in [-0.3, -0.25) is 4.79 Å². The average Bonchev–Trinajstić information content (AvgIpc) is 2.64. The number of hydrogen-bond donors (Lipinski definition) is 1. The topological polar surface area (TPSA) is 29.1 Å². The van der Waals surface area contributed by atoms with Crippen molar-refractivity contribution in [3.05, 3.63) is 35.9 Å². The van der Waals surface area contributed by atoms with Crippen LogP contribution in [0.3, 0.4) is 0 Å². The molecule has 1 atom stereocenters. The molecule has 156 valence electrons. The second-order valence-electron chi connectivity index (χ2n) is 8.90. The van der Waals surface area contributed by atoms with Crippen LogP contribution in [-0.4, -0.2) is 20.5 Å². The summed E-state index contributed by atoms with van der Waals surface area (Å²) in [5.41, 5.74) is 7.04. The van der Waals surface area contributed by atoms with E-state index in [-0.39, 0.29) is 5.91 Å². The van der Waals surface area contributed by atoms with E-state index in [1.807, 2.05) is 18.2 Å². The molecule has 0 saturated heterocycles. The van der Waals surface area contributed by atoms with Crippen molar-refractivity contribution in [1.29, 1.82) is 0 Å². The van der Waals surface area contributed by atoms with Crippen molar-refractivity contribution in [2.75, 3.05) is 6.54 Å². The lowest BCUT2D eigenvalue weighted by Gasteiger charge is -2.38. The van der Waals surface area contributed by atoms with E-state index in [9.17, 15) is 4.79 Å². The van der Waals surface area contributed by atoms with Crippen molar-refractivity contribution in [2.45, 2.75) is 90.8 Å². The van der Waals surface area contributed by atoms with Crippen molar-refractivity contribution < 1.29 is 4.79 Å². The molecular weight excluding hydrogens is 358 g/mol. The largest absolute Gasteiger partial charge is 0.356 e. The zero-order valence-corrected chi connectivity index (χ0v) is 20.1. The number of benzene rings is 1. The summed E-state index contributed by atoms with van der Waals surface area (Å²) in [5.74, 6) is 4.09. The summed E-state index contributed by atoms with van der Waals surface area (Å²) >= 11 is 0. The molecule has 0 saturated carbocycles. The first kappa shape index (κ1) is 24.5. The van der Waals surface area contributed by atoms with Gasteiger partial charge in [0.05, 0.1) is 0 Å². The number of rotatable bonds is 10. The van der Waals surface area contributed by atoms with Crippen LogP contribution in [0.5, 0.6) is 0 Å². The Morgan fingerprint density at radius 3 is 2.07 bits per heavy atom. The zero-order chi connectivity index (χ0) is 21.2. The van der Waals surface area contributed by atoms with E-state index < -0.39 is 8.07 Å². The summed E-state index contributed by atoms with van der Waals surface area (Å²) in [6, 6.07) is 10.3. The van der Waals surface area contributed by atoms with Crippen molar-refractivity contribution in [3.8, 4) is 11.5 Å². The van der Waals surface area contributed by atoms with Gasteiger partial charge in [-0.25, -0.2) is 0 Å². The lowest BCUT2D eigenvalue weighted by Crippen LogP contribution is -2.43. The van der Waals surface area contributed by atoms with Crippen LogP contribution < -0.4 is 5.32 Å². The van der Waals surface area contributed by atoms with E-state index in [0.717, 1.165) is 19.3 Å². The molecule has 0 unspecified atom stereocenters. The summed E-state index contributed by atoms with van der Waals surface area (Å²) in [6.45, 7) is 17.0. The smallest absolute Gasteiger partial charge is 0.220 e. The number of amides is 1. The second kappa shape index (κ2) is 12.1. The highest BCUT2D eigenvalue weighted by Crippen LogP contribution is 2.40. The van der Waals surface area contributed by atoms with Crippen molar-refractivity contribution in [2.24, 2.45) is 5.92 Å². The highest BCUT2D eigenvalue weighted by Gasteiger charge is 2.41. The molecule has 0 fully saturated rings. The molecule has 0 aliphatic heterocycles. The molecule has 0 radical (unpaired) electrons. The summed E-state index contributed by atoms with van der Waals surface area (Å²) in [5, 5.41) is 3.06. The lowest BCUT2D eigenvalue weighted by molar-refractivity contribution is -0.121. The van der Waals surface area contributed by atoms with Crippen LogP contribution >= 0.6 is 0 Å². The van der Waals surface area contributed by atoms with Crippen molar-refractivity contribution in [3.63, 3.8) is 0 Å². The minimum absolute atomic E-state index is 0.149. The Kier molecular flexibility index (Phi) is 10.6. The van der Waals surface area contributed by atoms with Crippen LogP contribution in [-0.2, 0) is 11.2 Å². The van der Waals surface area contributed by atoms with Gasteiger partial charge in [0.15, 0.2) is 0 Å². The predicted octanol–water partition coefficient (Wildman–Crippen LogP) is 6.37. The van der Waals surface area contributed by atoms with Crippen LogP contribution in [0.25, 0.3) is 0 Å². The Bertz CT molecular complexity index is 618. The standard InChI is InChI=1S/C25H41NOSi/c1-8-23(17-19-28(20(2)3,21(4)5)22(6)7)14-15-25(27)26-18-16-24-12-10-9-11-13-24/h9-13,20-23H,8,14-16,18H2,1-7H3,(H,26,27)/t23-/m0/s1. The Balaban J connectivity index is 2.60. The van der Waals surface area contributed by atoms with E-state index in [1.54, 1.807) is 0 Å². The first-order chi connectivity index (χ1) is 13.2. The van der Waals surface area contributed by atoms with Gasteiger partial charge in [-0.15, -0.1) is 11.5 Å². The van der Waals surface area contributed by atoms with Crippen molar-refractivity contribution in [1.82, 2.24) is 5.32 Å². The second-order valence-corrected chi connectivity index (χ2v) is 14.5. The molecule has 28 heavy (non-hydrogen) atoms. The quantitative estimate of drug-likeness (QED) is 0.359. The van der Waals surface area contributed by atoms with E-state index in [2.05, 4.69) is 77.4 Å². The molecular formula is C25H41NOSi. The molecule has 1 rings (SSSR count). The third-order valence-corrected chi connectivity index (χ3v) is 12.5. The normalized spacial score (nSPS) is 12.8. The number of nitrogens with one attached hydrogen (secondary N) is 1. The molecule has 1 aromatic rings. The first-order valence-corrected chi connectivity index (χ1v) is 13.3. The third kappa shape index (κ3) is 7.13. The fraction of sp³-hybridized carbons (Fsp3) is 0.640. The van der Waals surface area contributed by atoms with Crippen LogP contribution in [0.2, 0.25) is 16.6 Å². The van der Waals surface area contributed by atoms with E-state index in [1.165, 1.54) is 5.56 Å². The van der Waals surface area contributed by atoms with Gasteiger partial charge in [0, 0.05) is 18.9 Å².